The van der Waals surface area contributed by atoms with E-state index in [9.17, 15) is 5.11 Å². The number of aliphatic hydroxyl groups is 1. The van der Waals surface area contributed by atoms with E-state index in [1.165, 1.54) is 18.4 Å². The van der Waals surface area contributed by atoms with Gasteiger partial charge in [-0.25, -0.2) is 0 Å². The van der Waals surface area contributed by atoms with Crippen molar-refractivity contribution in [2.24, 2.45) is 5.92 Å². The van der Waals surface area contributed by atoms with Gasteiger partial charge in [0.15, 0.2) is 0 Å². The van der Waals surface area contributed by atoms with E-state index in [1.54, 1.807) is 11.3 Å². The molecule has 0 radical (unpaired) electrons. The second-order valence-corrected chi connectivity index (χ2v) is 5.31. The van der Waals surface area contributed by atoms with Crippen LogP contribution in [0.1, 0.15) is 38.2 Å². The first-order chi connectivity index (χ1) is 6.71. The molecule has 0 aliphatic heterocycles. The van der Waals surface area contributed by atoms with Gasteiger partial charge in [-0.05, 0) is 54.0 Å². The van der Waals surface area contributed by atoms with Crippen LogP contribution in [0.5, 0.6) is 0 Å². The van der Waals surface area contributed by atoms with E-state index in [2.05, 4.69) is 23.8 Å². The monoisotopic (exact) mass is 210 g/mol. The third kappa shape index (κ3) is 2.01. The molecule has 0 bridgehead atoms. The number of aryl methyl sites for hydroxylation is 1. The predicted octanol–water partition coefficient (Wildman–Crippen LogP) is 3.23. The minimum absolute atomic E-state index is 0.373. The highest BCUT2D eigenvalue weighted by atomic mass is 32.1. The van der Waals surface area contributed by atoms with Crippen LogP contribution in [0, 0.1) is 5.92 Å². The molecule has 1 nitrogen and oxygen atoms in total. The van der Waals surface area contributed by atoms with Crippen molar-refractivity contribution in [2.75, 3.05) is 0 Å². The molecular formula is C12H18OS. The van der Waals surface area contributed by atoms with Gasteiger partial charge < -0.3 is 5.11 Å². The highest BCUT2D eigenvalue weighted by molar-refractivity contribution is 7.07. The Kier molecular flexibility index (Phi) is 2.93. The molecule has 2 unspecified atom stereocenters. The van der Waals surface area contributed by atoms with E-state index in [0.717, 1.165) is 19.3 Å². The molecule has 1 N–H and O–H groups in total. The Morgan fingerprint density at radius 3 is 3.07 bits per heavy atom. The Labute approximate surface area is 89.8 Å². The Bertz CT molecular complexity index is 281. The lowest BCUT2D eigenvalue weighted by Crippen LogP contribution is -2.31. The Morgan fingerprint density at radius 1 is 1.64 bits per heavy atom. The van der Waals surface area contributed by atoms with Gasteiger partial charge in [0.05, 0.1) is 5.60 Å². The zero-order valence-corrected chi connectivity index (χ0v) is 9.52. The van der Waals surface area contributed by atoms with Crippen LogP contribution in [0.2, 0.25) is 0 Å². The maximum absolute atomic E-state index is 10.4. The first kappa shape index (κ1) is 10.2. The fourth-order valence-corrected chi connectivity index (χ4v) is 3.10. The van der Waals surface area contributed by atoms with E-state index >= 15 is 0 Å². The van der Waals surface area contributed by atoms with Crippen molar-refractivity contribution in [3.8, 4) is 0 Å². The number of rotatable bonds is 3. The summed E-state index contributed by atoms with van der Waals surface area (Å²) in [4.78, 5) is 0. The molecule has 0 aromatic carbocycles. The molecule has 1 saturated carbocycles. The summed E-state index contributed by atoms with van der Waals surface area (Å²) in [5.74, 6) is 0.487. The van der Waals surface area contributed by atoms with E-state index in [4.69, 9.17) is 0 Å². The van der Waals surface area contributed by atoms with Gasteiger partial charge in [-0.1, -0.05) is 13.3 Å². The summed E-state index contributed by atoms with van der Waals surface area (Å²) in [5.41, 5.74) is 1.00. The van der Waals surface area contributed by atoms with Gasteiger partial charge in [0, 0.05) is 0 Å². The van der Waals surface area contributed by atoms with Crippen molar-refractivity contribution in [3.05, 3.63) is 22.4 Å². The van der Waals surface area contributed by atoms with Crippen LogP contribution in [0.4, 0.5) is 0 Å². The van der Waals surface area contributed by atoms with Crippen molar-refractivity contribution in [2.45, 2.75) is 44.6 Å². The second kappa shape index (κ2) is 4.03. The normalized spacial score (nSPS) is 32.3. The summed E-state index contributed by atoms with van der Waals surface area (Å²) >= 11 is 1.74. The van der Waals surface area contributed by atoms with Crippen LogP contribution in [0.3, 0.4) is 0 Å². The third-order valence-electron chi connectivity index (χ3n) is 3.59. The molecule has 0 spiro atoms. The van der Waals surface area contributed by atoms with Crippen molar-refractivity contribution in [3.63, 3.8) is 0 Å². The Morgan fingerprint density at radius 2 is 2.50 bits per heavy atom. The van der Waals surface area contributed by atoms with Crippen LogP contribution in [-0.4, -0.2) is 10.7 Å². The molecule has 14 heavy (non-hydrogen) atoms. The SMILES string of the molecule is CC1CCCC1(O)CCc1ccsc1. The molecular weight excluding hydrogens is 192 g/mol. The highest BCUT2D eigenvalue weighted by Crippen LogP contribution is 2.38. The molecule has 0 saturated heterocycles. The summed E-state index contributed by atoms with van der Waals surface area (Å²) < 4.78 is 0. The van der Waals surface area contributed by atoms with Crippen molar-refractivity contribution in [1.29, 1.82) is 0 Å². The van der Waals surface area contributed by atoms with E-state index in [1.807, 2.05) is 0 Å². The molecule has 1 fully saturated rings. The molecule has 78 valence electrons. The predicted molar refractivity (Wildman–Crippen MR) is 60.6 cm³/mol. The second-order valence-electron chi connectivity index (χ2n) is 4.53. The summed E-state index contributed by atoms with van der Waals surface area (Å²) in [6.45, 7) is 2.18. The van der Waals surface area contributed by atoms with Crippen LogP contribution < -0.4 is 0 Å². The molecule has 1 aromatic heterocycles. The summed E-state index contributed by atoms with van der Waals surface area (Å²) in [7, 11) is 0. The summed E-state index contributed by atoms with van der Waals surface area (Å²) in [6, 6.07) is 2.16. The minimum Gasteiger partial charge on any atom is -0.390 e. The van der Waals surface area contributed by atoms with Crippen molar-refractivity contribution < 1.29 is 5.11 Å². The van der Waals surface area contributed by atoms with Gasteiger partial charge >= 0.3 is 0 Å². The van der Waals surface area contributed by atoms with Crippen LogP contribution in [0.25, 0.3) is 0 Å². The average Bonchev–Trinajstić information content (AvgIpc) is 2.75. The lowest BCUT2D eigenvalue weighted by molar-refractivity contribution is 0.00134. The topological polar surface area (TPSA) is 20.2 Å². The van der Waals surface area contributed by atoms with Gasteiger partial charge in [-0.2, -0.15) is 11.3 Å². The fourth-order valence-electron chi connectivity index (χ4n) is 2.40. The van der Waals surface area contributed by atoms with Gasteiger partial charge in [-0.3, -0.25) is 0 Å². The smallest absolute Gasteiger partial charge is 0.0676 e. The quantitative estimate of drug-likeness (QED) is 0.812. The summed E-state index contributed by atoms with van der Waals surface area (Å²) in [5, 5.41) is 14.7. The van der Waals surface area contributed by atoms with Crippen LogP contribution >= 0.6 is 11.3 Å². The van der Waals surface area contributed by atoms with Gasteiger partial charge in [-0.15, -0.1) is 0 Å². The molecule has 1 aliphatic rings. The zero-order valence-electron chi connectivity index (χ0n) is 8.70. The Balaban J connectivity index is 1.91. The first-order valence-corrected chi connectivity index (χ1v) is 6.38. The molecule has 0 amide bonds. The first-order valence-electron chi connectivity index (χ1n) is 5.44. The maximum Gasteiger partial charge on any atom is 0.0676 e. The lowest BCUT2D eigenvalue weighted by Gasteiger charge is -2.27. The zero-order chi connectivity index (χ0) is 10.0. The molecule has 2 heteroatoms. The molecule has 1 aliphatic carbocycles. The van der Waals surface area contributed by atoms with Crippen molar-refractivity contribution >= 4 is 11.3 Å². The van der Waals surface area contributed by atoms with Gasteiger partial charge in [0.25, 0.3) is 0 Å². The highest BCUT2D eigenvalue weighted by Gasteiger charge is 2.37. The van der Waals surface area contributed by atoms with Crippen LogP contribution in [0.15, 0.2) is 16.8 Å². The largest absolute Gasteiger partial charge is 0.390 e. The molecule has 2 atom stereocenters. The molecule has 1 heterocycles. The summed E-state index contributed by atoms with van der Waals surface area (Å²) in [6.07, 6.45) is 5.36. The third-order valence-corrected chi connectivity index (χ3v) is 4.32. The van der Waals surface area contributed by atoms with Crippen molar-refractivity contribution in [1.82, 2.24) is 0 Å². The molecule has 2 rings (SSSR count). The van der Waals surface area contributed by atoms with E-state index in [-0.39, 0.29) is 5.60 Å². The number of hydrogen-bond donors (Lipinski definition) is 1. The molecule has 1 aromatic rings. The number of hydrogen-bond acceptors (Lipinski definition) is 2. The average molecular weight is 210 g/mol. The van der Waals surface area contributed by atoms with Crippen LogP contribution in [-0.2, 0) is 6.42 Å². The maximum atomic E-state index is 10.4. The standard InChI is InChI=1S/C12H18OS/c1-10-3-2-6-12(10,13)7-4-11-5-8-14-9-11/h5,8-10,13H,2-4,6-7H2,1H3. The minimum atomic E-state index is -0.373. The van der Waals surface area contributed by atoms with E-state index < -0.39 is 0 Å². The fraction of sp³-hybridized carbons (Fsp3) is 0.667. The van der Waals surface area contributed by atoms with Gasteiger partial charge in [0.1, 0.15) is 0 Å². The lowest BCUT2D eigenvalue weighted by atomic mass is 9.87. The van der Waals surface area contributed by atoms with E-state index in [0.29, 0.717) is 5.92 Å². The van der Waals surface area contributed by atoms with Gasteiger partial charge in [0.2, 0.25) is 0 Å². The number of thiophene rings is 1. The Hall–Kier alpha value is -0.340.